The van der Waals surface area contributed by atoms with Crippen LogP contribution in [-0.4, -0.2) is 43.3 Å². The number of benzene rings is 1. The summed E-state index contributed by atoms with van der Waals surface area (Å²) in [6.45, 7) is 4.50. The van der Waals surface area contributed by atoms with E-state index >= 15 is 0 Å². The molecule has 1 aromatic heterocycles. The normalized spacial score (nSPS) is 18.8. The molecule has 1 saturated carbocycles. The van der Waals surface area contributed by atoms with E-state index in [1.54, 1.807) is 0 Å². The van der Waals surface area contributed by atoms with Gasteiger partial charge in [-0.25, -0.2) is 4.98 Å². The van der Waals surface area contributed by atoms with Crippen LogP contribution in [0.4, 0.5) is 11.8 Å². The summed E-state index contributed by atoms with van der Waals surface area (Å²) in [6.07, 6.45) is 6.52. The maximum absolute atomic E-state index is 5.83. The summed E-state index contributed by atoms with van der Waals surface area (Å²) in [5, 5.41) is 7.15. The molecular weight excluding hydrogens is 510 g/mol. The molecule has 2 aromatic rings. The van der Waals surface area contributed by atoms with Gasteiger partial charge in [0.2, 0.25) is 5.95 Å². The second kappa shape index (κ2) is 11.3. The molecule has 30 heavy (non-hydrogen) atoms. The first-order chi connectivity index (χ1) is 14.5. The lowest BCUT2D eigenvalue weighted by atomic mass is 9.86. The first kappa shape index (κ1) is 23.3. The van der Waals surface area contributed by atoms with Crippen LogP contribution >= 0.6 is 31.9 Å². The highest BCUT2D eigenvalue weighted by atomic mass is 79.9. The zero-order valence-electron chi connectivity index (χ0n) is 17.9. The minimum absolute atomic E-state index is 0.448. The molecule has 0 radical (unpaired) electrons. The van der Waals surface area contributed by atoms with Gasteiger partial charge < -0.3 is 20.3 Å². The minimum atomic E-state index is 0.448. The van der Waals surface area contributed by atoms with Gasteiger partial charge in [0.1, 0.15) is 11.6 Å². The summed E-state index contributed by atoms with van der Waals surface area (Å²) >= 11 is 7.19. The zero-order valence-corrected chi connectivity index (χ0v) is 21.1. The van der Waals surface area contributed by atoms with Gasteiger partial charge >= 0.3 is 0 Å². The average molecular weight is 541 g/mol. The summed E-state index contributed by atoms with van der Waals surface area (Å²) < 4.78 is 7.87. The highest BCUT2D eigenvalue weighted by Crippen LogP contribution is 2.33. The molecule has 0 aliphatic heterocycles. The number of anilines is 2. The molecule has 3 rings (SSSR count). The Hall–Kier alpha value is -1.38. The zero-order chi connectivity index (χ0) is 21.5. The van der Waals surface area contributed by atoms with Gasteiger partial charge in [0, 0.05) is 42.9 Å². The molecule has 0 unspecified atom stereocenters. The Morgan fingerprint density at radius 2 is 1.93 bits per heavy atom. The van der Waals surface area contributed by atoms with Crippen molar-refractivity contribution in [3.63, 3.8) is 0 Å². The number of ether oxygens (including phenoxy) is 1. The second-order valence-electron chi connectivity index (χ2n) is 7.93. The average Bonchev–Trinajstić information content (AvgIpc) is 2.72. The molecule has 0 atom stereocenters. The first-order valence-electron chi connectivity index (χ1n) is 10.5. The van der Waals surface area contributed by atoms with Crippen molar-refractivity contribution in [1.82, 2.24) is 15.3 Å². The van der Waals surface area contributed by atoms with Crippen molar-refractivity contribution in [2.45, 2.75) is 45.2 Å². The summed E-state index contributed by atoms with van der Waals surface area (Å²) in [4.78, 5) is 10.9. The van der Waals surface area contributed by atoms with Crippen molar-refractivity contribution in [2.24, 2.45) is 5.92 Å². The number of rotatable bonds is 9. The Labute approximate surface area is 196 Å². The predicted octanol–water partition coefficient (Wildman–Crippen LogP) is 5.23. The fourth-order valence-electron chi connectivity index (χ4n) is 3.82. The lowest BCUT2D eigenvalue weighted by molar-refractivity contribution is 0.318. The quantitative estimate of drug-likeness (QED) is 0.454. The van der Waals surface area contributed by atoms with E-state index < -0.39 is 0 Å². The van der Waals surface area contributed by atoms with Gasteiger partial charge in [-0.15, -0.1) is 0 Å². The van der Waals surface area contributed by atoms with Crippen molar-refractivity contribution in [3.8, 4) is 5.75 Å². The number of hydrogen-bond acceptors (Lipinski definition) is 6. The van der Waals surface area contributed by atoms with Crippen molar-refractivity contribution >= 4 is 43.6 Å². The third-order valence-electron chi connectivity index (χ3n) is 5.40. The third kappa shape index (κ3) is 6.56. The number of halogens is 2. The maximum Gasteiger partial charge on any atom is 0.224 e. The van der Waals surface area contributed by atoms with Crippen molar-refractivity contribution < 1.29 is 4.74 Å². The lowest BCUT2D eigenvalue weighted by Gasteiger charge is -2.29. The molecule has 1 aliphatic rings. The molecule has 2 N–H and O–H groups in total. The SMILES string of the molecule is CCOc1c(Br)cc(Br)cc1CNCC1CCC(Nc2nccc(N(C)C)n2)CC1. The van der Waals surface area contributed by atoms with Gasteiger partial charge in [0.25, 0.3) is 0 Å². The smallest absolute Gasteiger partial charge is 0.224 e. The Morgan fingerprint density at radius 1 is 1.17 bits per heavy atom. The van der Waals surface area contributed by atoms with E-state index in [0.717, 1.165) is 52.4 Å². The first-order valence-corrected chi connectivity index (χ1v) is 12.1. The molecule has 1 aliphatic carbocycles. The van der Waals surface area contributed by atoms with Gasteiger partial charge in [0.15, 0.2) is 0 Å². The van der Waals surface area contributed by atoms with Crippen LogP contribution in [0.15, 0.2) is 33.3 Å². The highest BCUT2D eigenvalue weighted by Gasteiger charge is 2.22. The molecule has 164 valence electrons. The fraction of sp³-hybridized carbons (Fsp3) is 0.545. The number of hydrogen-bond donors (Lipinski definition) is 2. The Bertz CT molecular complexity index is 825. The Kier molecular flexibility index (Phi) is 8.77. The number of nitrogens with one attached hydrogen (secondary N) is 2. The molecule has 0 spiro atoms. The summed E-state index contributed by atoms with van der Waals surface area (Å²) in [7, 11) is 3.99. The topological polar surface area (TPSA) is 62.3 Å². The van der Waals surface area contributed by atoms with Crippen molar-refractivity contribution in [2.75, 3.05) is 37.5 Å². The van der Waals surface area contributed by atoms with Gasteiger partial charge in [-0.05, 0) is 79.2 Å². The highest BCUT2D eigenvalue weighted by molar-refractivity contribution is 9.11. The summed E-state index contributed by atoms with van der Waals surface area (Å²) in [6, 6.07) is 6.53. The van der Waals surface area contributed by atoms with Crippen LogP contribution in [-0.2, 0) is 6.54 Å². The molecule has 8 heteroatoms. The minimum Gasteiger partial charge on any atom is -0.492 e. The molecule has 0 amide bonds. The van der Waals surface area contributed by atoms with E-state index in [4.69, 9.17) is 4.74 Å². The van der Waals surface area contributed by atoms with Gasteiger partial charge in [0.05, 0.1) is 11.1 Å². The summed E-state index contributed by atoms with van der Waals surface area (Å²) in [5.74, 6) is 3.28. The van der Waals surface area contributed by atoms with Crippen LogP contribution in [0.2, 0.25) is 0 Å². The molecule has 1 aromatic carbocycles. The number of nitrogens with zero attached hydrogens (tertiary/aromatic N) is 3. The Morgan fingerprint density at radius 3 is 2.63 bits per heavy atom. The second-order valence-corrected chi connectivity index (χ2v) is 9.70. The van der Waals surface area contributed by atoms with Crippen LogP contribution in [0.3, 0.4) is 0 Å². The van der Waals surface area contributed by atoms with Crippen molar-refractivity contribution in [1.29, 1.82) is 0 Å². The molecule has 6 nitrogen and oxygen atoms in total. The van der Waals surface area contributed by atoms with Crippen molar-refractivity contribution in [3.05, 3.63) is 38.9 Å². The maximum atomic E-state index is 5.83. The van der Waals surface area contributed by atoms with E-state index in [-0.39, 0.29) is 0 Å². The summed E-state index contributed by atoms with van der Waals surface area (Å²) in [5.41, 5.74) is 1.17. The molecule has 1 fully saturated rings. The van der Waals surface area contributed by atoms with E-state index in [2.05, 4.69) is 58.5 Å². The third-order valence-corrected chi connectivity index (χ3v) is 6.45. The fourth-order valence-corrected chi connectivity index (χ4v) is 5.25. The van der Waals surface area contributed by atoms with Crippen LogP contribution in [0.1, 0.15) is 38.2 Å². The van der Waals surface area contributed by atoms with Crippen LogP contribution in [0.25, 0.3) is 0 Å². The predicted molar refractivity (Wildman–Crippen MR) is 130 cm³/mol. The molecule has 0 saturated heterocycles. The van der Waals surface area contributed by atoms with Crippen LogP contribution in [0, 0.1) is 5.92 Å². The van der Waals surface area contributed by atoms with Crippen LogP contribution < -0.4 is 20.3 Å². The van der Waals surface area contributed by atoms with E-state index in [0.29, 0.717) is 18.6 Å². The molecule has 1 heterocycles. The van der Waals surface area contributed by atoms with Crippen LogP contribution in [0.5, 0.6) is 5.75 Å². The van der Waals surface area contributed by atoms with Gasteiger partial charge in [-0.3, -0.25) is 0 Å². The van der Waals surface area contributed by atoms with Gasteiger partial charge in [-0.1, -0.05) is 15.9 Å². The van der Waals surface area contributed by atoms with E-state index in [1.807, 2.05) is 44.2 Å². The lowest BCUT2D eigenvalue weighted by Crippen LogP contribution is -2.31. The standard InChI is InChI=1S/C22H31Br2N5O/c1-4-30-21-16(11-17(23)12-19(21)24)14-25-13-15-5-7-18(8-6-15)27-22-26-10-9-20(28-22)29(2)3/h9-12,15,18,25H,4-8,13-14H2,1-3H3,(H,26,27,28). The van der Waals surface area contributed by atoms with Gasteiger partial charge in [-0.2, -0.15) is 4.98 Å². The monoisotopic (exact) mass is 539 g/mol. The number of aromatic nitrogens is 2. The largest absolute Gasteiger partial charge is 0.492 e. The molecular formula is C22H31Br2N5O. The Balaban J connectivity index is 1.45. The van der Waals surface area contributed by atoms with E-state index in [9.17, 15) is 0 Å². The molecule has 0 bridgehead atoms. The van der Waals surface area contributed by atoms with E-state index in [1.165, 1.54) is 18.4 Å².